The minimum Gasteiger partial charge on any atom is -0.471 e. The molecule has 0 aromatic heterocycles. The molecule has 0 aliphatic heterocycles. The van der Waals surface area contributed by atoms with E-state index in [4.69, 9.17) is 0 Å². The Labute approximate surface area is 105 Å². The van der Waals surface area contributed by atoms with Crippen molar-refractivity contribution in [3.8, 4) is 0 Å². The van der Waals surface area contributed by atoms with E-state index in [0.29, 0.717) is 0 Å². The maximum Gasteiger partial charge on any atom is 0.129 e. The van der Waals surface area contributed by atoms with Gasteiger partial charge in [0.05, 0.1) is 0 Å². The summed E-state index contributed by atoms with van der Waals surface area (Å²) < 4.78 is 4.53. The van der Waals surface area contributed by atoms with Gasteiger partial charge < -0.3 is 4.12 Å². The molecular formula is C12H17OPSi2. The van der Waals surface area contributed by atoms with Gasteiger partial charge in [0.15, 0.2) is 0 Å². The highest BCUT2D eigenvalue weighted by Gasteiger charge is 1.92. The fraction of sp³-hybridized carbons (Fsp3) is 0. The molecule has 0 N–H and O–H groups in total. The number of hydrogen-bond donors (Lipinski definition) is 0. The largest absolute Gasteiger partial charge is 0.471 e. The Kier molecular flexibility index (Phi) is 7.01. The monoisotopic (exact) mass is 264 g/mol. The molecule has 0 fully saturated rings. The van der Waals surface area contributed by atoms with Gasteiger partial charge in [0.25, 0.3) is 0 Å². The van der Waals surface area contributed by atoms with Gasteiger partial charge in [-0.15, -0.1) is 0 Å². The lowest BCUT2D eigenvalue weighted by molar-refractivity contribution is 0.690. The molecule has 2 aromatic rings. The maximum atomic E-state index is 4.53. The third-order valence-electron chi connectivity index (χ3n) is 1.84. The number of hydrogen-bond acceptors (Lipinski definition) is 1. The summed E-state index contributed by atoms with van der Waals surface area (Å²) in [5.41, 5.74) is 0. The third-order valence-corrected chi connectivity index (χ3v) is 3.08. The van der Waals surface area contributed by atoms with E-state index >= 15 is 0 Å². The predicted octanol–water partition coefficient (Wildman–Crippen LogP) is -0.120. The number of benzene rings is 2. The van der Waals surface area contributed by atoms with Crippen LogP contribution in [0.4, 0.5) is 0 Å². The molecule has 0 saturated heterocycles. The summed E-state index contributed by atoms with van der Waals surface area (Å²) in [6.45, 7) is 0. The molecule has 2 rings (SSSR count). The molecule has 4 heteroatoms. The lowest BCUT2D eigenvalue weighted by atomic mass is 10.4. The lowest BCUT2D eigenvalue weighted by Crippen LogP contribution is -2.01. The van der Waals surface area contributed by atoms with Crippen molar-refractivity contribution in [1.29, 1.82) is 0 Å². The van der Waals surface area contributed by atoms with Crippen molar-refractivity contribution in [2.24, 2.45) is 0 Å². The first-order valence-electron chi connectivity index (χ1n) is 5.14. The molecule has 0 unspecified atom stereocenters. The van der Waals surface area contributed by atoms with Gasteiger partial charge in [-0.3, -0.25) is 0 Å². The van der Waals surface area contributed by atoms with Gasteiger partial charge >= 0.3 is 0 Å². The number of rotatable bonds is 2. The van der Waals surface area contributed by atoms with Crippen LogP contribution in [-0.2, 0) is 4.12 Å². The summed E-state index contributed by atoms with van der Waals surface area (Å²) in [7, 11) is 2.64. The molecule has 0 saturated carbocycles. The van der Waals surface area contributed by atoms with Crippen molar-refractivity contribution in [2.75, 3.05) is 0 Å². The Morgan fingerprint density at radius 1 is 0.688 bits per heavy atom. The van der Waals surface area contributed by atoms with E-state index < -0.39 is 0 Å². The van der Waals surface area contributed by atoms with Crippen LogP contribution in [0.1, 0.15) is 0 Å². The van der Waals surface area contributed by atoms with Crippen molar-refractivity contribution in [3.05, 3.63) is 60.7 Å². The Bertz CT molecular complexity index is 343. The van der Waals surface area contributed by atoms with E-state index in [9.17, 15) is 0 Å². The van der Waals surface area contributed by atoms with Gasteiger partial charge in [0, 0.05) is 0 Å². The lowest BCUT2D eigenvalue weighted by Gasteiger charge is -2.00. The Balaban J connectivity index is 0.000000386. The molecule has 0 aliphatic rings. The Morgan fingerprint density at radius 3 is 1.31 bits per heavy atom. The van der Waals surface area contributed by atoms with E-state index in [1.807, 2.05) is 0 Å². The highest BCUT2D eigenvalue weighted by atomic mass is 31.1. The van der Waals surface area contributed by atoms with Crippen molar-refractivity contribution in [2.45, 2.75) is 0 Å². The predicted molar refractivity (Wildman–Crippen MR) is 81.4 cm³/mol. The van der Waals surface area contributed by atoms with E-state index in [2.05, 4.69) is 64.8 Å². The van der Waals surface area contributed by atoms with Crippen LogP contribution in [0.5, 0.6) is 0 Å². The van der Waals surface area contributed by atoms with Crippen LogP contribution in [0.15, 0.2) is 60.7 Å². The highest BCUT2D eigenvalue weighted by molar-refractivity contribution is 7.55. The van der Waals surface area contributed by atoms with Crippen molar-refractivity contribution >= 4 is 40.2 Å². The molecule has 2 aromatic carbocycles. The van der Waals surface area contributed by atoms with E-state index in [1.54, 1.807) is 0 Å². The van der Waals surface area contributed by atoms with Gasteiger partial charge in [-0.25, -0.2) is 0 Å². The van der Waals surface area contributed by atoms with Crippen molar-refractivity contribution in [1.82, 2.24) is 0 Å². The molecule has 0 aliphatic carbocycles. The molecule has 84 valence electrons. The maximum absolute atomic E-state index is 4.53. The zero-order valence-corrected chi connectivity index (χ0v) is 14.7. The molecule has 0 amide bonds. The molecule has 16 heavy (non-hydrogen) atoms. The van der Waals surface area contributed by atoms with Crippen LogP contribution >= 0.6 is 8.58 Å². The highest BCUT2D eigenvalue weighted by Crippen LogP contribution is 2.08. The van der Waals surface area contributed by atoms with Gasteiger partial charge in [-0.1, -0.05) is 69.2 Å². The smallest absolute Gasteiger partial charge is 0.129 e. The van der Waals surface area contributed by atoms with E-state index in [-0.39, 0.29) is 0 Å². The normalized spacial score (nSPS) is 9.50. The fourth-order valence-electron chi connectivity index (χ4n) is 1.21. The molecule has 0 heterocycles. The van der Waals surface area contributed by atoms with Crippen LogP contribution in [0.3, 0.4) is 0 Å². The second-order valence-corrected chi connectivity index (χ2v) is 7.94. The van der Waals surface area contributed by atoms with Crippen LogP contribution in [0, 0.1) is 0 Å². The summed E-state index contributed by atoms with van der Waals surface area (Å²) in [5.74, 6) is 0. The minimum atomic E-state index is 0.777. The summed E-state index contributed by atoms with van der Waals surface area (Å²) in [6, 6.07) is 21.2. The van der Waals surface area contributed by atoms with Gasteiger partial charge in [-0.05, 0) is 10.6 Å². The topological polar surface area (TPSA) is 9.23 Å². The van der Waals surface area contributed by atoms with Crippen molar-refractivity contribution in [3.63, 3.8) is 0 Å². The molecule has 0 radical (unpaired) electrons. The second-order valence-electron chi connectivity index (χ2n) is 3.27. The standard InChI is InChI=1S/C12H11P.H6OSi2/c1-3-7-11(8-4-1)13-12-9-5-2-6-10-12;2-1-3/h1-10,13H;2-3H3. The first-order chi connectivity index (χ1) is 7.86. The van der Waals surface area contributed by atoms with Crippen LogP contribution in [0.25, 0.3) is 0 Å². The second kappa shape index (κ2) is 8.42. The molecule has 0 spiro atoms. The van der Waals surface area contributed by atoms with Gasteiger partial charge in [0.1, 0.15) is 21.0 Å². The van der Waals surface area contributed by atoms with Crippen LogP contribution in [-0.4, -0.2) is 21.0 Å². The van der Waals surface area contributed by atoms with Gasteiger partial charge in [0.2, 0.25) is 0 Å². The summed E-state index contributed by atoms with van der Waals surface area (Å²) in [6.07, 6.45) is 0. The van der Waals surface area contributed by atoms with E-state index in [1.165, 1.54) is 10.6 Å². The minimum absolute atomic E-state index is 0.777. The van der Waals surface area contributed by atoms with Crippen LogP contribution in [0.2, 0.25) is 0 Å². The van der Waals surface area contributed by atoms with Gasteiger partial charge in [-0.2, -0.15) is 0 Å². The SMILES string of the molecule is [SiH3]O[SiH3].c1ccc(Pc2ccccc2)cc1. The first-order valence-corrected chi connectivity index (χ1v) is 7.77. The Morgan fingerprint density at radius 2 is 1.00 bits per heavy atom. The molecule has 1 nitrogen and oxygen atoms in total. The summed E-state index contributed by atoms with van der Waals surface area (Å²) in [5, 5.41) is 2.79. The van der Waals surface area contributed by atoms with Crippen LogP contribution < -0.4 is 10.6 Å². The third kappa shape index (κ3) is 5.38. The summed E-state index contributed by atoms with van der Waals surface area (Å²) in [4.78, 5) is 0. The molecule has 0 bridgehead atoms. The zero-order chi connectivity index (χ0) is 11.6. The average Bonchev–Trinajstić information content (AvgIpc) is 2.33. The molecule has 0 atom stereocenters. The zero-order valence-electron chi connectivity index (χ0n) is 9.68. The summed E-state index contributed by atoms with van der Waals surface area (Å²) >= 11 is 0. The fourth-order valence-corrected chi connectivity index (χ4v) is 2.26. The Hall–Kier alpha value is -0.736. The first kappa shape index (κ1) is 13.3. The average molecular weight is 264 g/mol. The van der Waals surface area contributed by atoms with E-state index in [0.717, 1.165) is 29.6 Å². The quantitative estimate of drug-likeness (QED) is 0.543. The molecular weight excluding hydrogens is 247 g/mol. The van der Waals surface area contributed by atoms with Crippen molar-refractivity contribution < 1.29 is 4.12 Å².